The normalized spacial score (nSPS) is 17.4. The number of rotatable bonds is 3. The third kappa shape index (κ3) is 2.79. The highest BCUT2D eigenvalue weighted by molar-refractivity contribution is 6.02. The SMILES string of the molecule is Cc1nn(C)c(C)c1[C@H]1Nc2ccccc2C(=O)N1[C@H](C)c1ccccc1. The number of carbonyl (C=O) groups excluding carboxylic acids is 1. The van der Waals surface area contributed by atoms with Crippen LogP contribution in [0.5, 0.6) is 0 Å². The molecular weight excluding hydrogens is 336 g/mol. The lowest BCUT2D eigenvalue weighted by Gasteiger charge is -2.42. The van der Waals surface area contributed by atoms with Gasteiger partial charge in [0.2, 0.25) is 0 Å². The highest BCUT2D eigenvalue weighted by Crippen LogP contribution is 2.40. The Balaban J connectivity index is 1.87. The van der Waals surface area contributed by atoms with Crippen molar-refractivity contribution in [1.82, 2.24) is 14.7 Å². The van der Waals surface area contributed by atoms with Gasteiger partial charge >= 0.3 is 0 Å². The van der Waals surface area contributed by atoms with E-state index in [-0.39, 0.29) is 18.1 Å². The first kappa shape index (κ1) is 17.3. The molecule has 0 bridgehead atoms. The van der Waals surface area contributed by atoms with Crippen molar-refractivity contribution in [3.63, 3.8) is 0 Å². The number of amides is 1. The Hall–Kier alpha value is -3.08. The lowest BCUT2D eigenvalue weighted by atomic mass is 9.98. The summed E-state index contributed by atoms with van der Waals surface area (Å²) in [4.78, 5) is 15.4. The number of carbonyl (C=O) groups is 1. The molecule has 138 valence electrons. The highest BCUT2D eigenvalue weighted by atomic mass is 16.2. The molecule has 1 aromatic heterocycles. The maximum atomic E-state index is 13.5. The summed E-state index contributed by atoms with van der Waals surface area (Å²) in [6.45, 7) is 6.13. The van der Waals surface area contributed by atoms with Gasteiger partial charge in [-0.15, -0.1) is 0 Å². The van der Waals surface area contributed by atoms with E-state index in [4.69, 9.17) is 0 Å². The number of hydrogen-bond acceptors (Lipinski definition) is 3. The molecule has 1 amide bonds. The largest absolute Gasteiger partial charge is 0.361 e. The molecule has 5 nitrogen and oxygen atoms in total. The van der Waals surface area contributed by atoms with Gasteiger partial charge in [-0.3, -0.25) is 9.48 Å². The van der Waals surface area contributed by atoms with E-state index >= 15 is 0 Å². The summed E-state index contributed by atoms with van der Waals surface area (Å²) >= 11 is 0. The van der Waals surface area contributed by atoms with E-state index in [1.54, 1.807) is 0 Å². The number of aromatic nitrogens is 2. The van der Waals surface area contributed by atoms with Gasteiger partial charge in [-0.25, -0.2) is 0 Å². The van der Waals surface area contributed by atoms with E-state index in [0.717, 1.165) is 28.2 Å². The zero-order chi connectivity index (χ0) is 19.1. The summed E-state index contributed by atoms with van der Waals surface area (Å²) in [7, 11) is 1.94. The highest BCUT2D eigenvalue weighted by Gasteiger charge is 2.38. The summed E-state index contributed by atoms with van der Waals surface area (Å²) in [5, 5.41) is 8.16. The molecule has 0 spiro atoms. The van der Waals surface area contributed by atoms with Gasteiger partial charge in [0, 0.05) is 24.0 Å². The van der Waals surface area contributed by atoms with Crippen LogP contribution in [-0.2, 0) is 7.05 Å². The minimum Gasteiger partial charge on any atom is -0.361 e. The number of para-hydroxylation sites is 1. The third-order valence-electron chi connectivity index (χ3n) is 5.50. The predicted molar refractivity (Wildman–Crippen MR) is 107 cm³/mol. The number of nitrogens with one attached hydrogen (secondary N) is 1. The lowest BCUT2D eigenvalue weighted by Crippen LogP contribution is -2.44. The van der Waals surface area contributed by atoms with Crippen LogP contribution in [0.15, 0.2) is 54.6 Å². The molecule has 2 atom stereocenters. The fourth-order valence-electron chi connectivity index (χ4n) is 3.96. The maximum absolute atomic E-state index is 13.5. The predicted octanol–water partition coefficient (Wildman–Crippen LogP) is 4.36. The molecule has 2 aromatic carbocycles. The van der Waals surface area contributed by atoms with E-state index in [9.17, 15) is 4.79 Å². The Morgan fingerprint density at radius 1 is 1.04 bits per heavy atom. The Bertz CT molecular complexity index is 993. The molecule has 27 heavy (non-hydrogen) atoms. The van der Waals surface area contributed by atoms with Crippen molar-refractivity contribution >= 4 is 11.6 Å². The molecule has 0 unspecified atom stereocenters. The molecule has 0 aliphatic carbocycles. The quantitative estimate of drug-likeness (QED) is 0.755. The Morgan fingerprint density at radius 3 is 2.37 bits per heavy atom. The first-order valence-electron chi connectivity index (χ1n) is 9.22. The average Bonchev–Trinajstić information content (AvgIpc) is 2.93. The van der Waals surface area contributed by atoms with Crippen LogP contribution in [-0.4, -0.2) is 20.6 Å². The van der Waals surface area contributed by atoms with Crippen LogP contribution < -0.4 is 5.32 Å². The maximum Gasteiger partial charge on any atom is 0.258 e. The summed E-state index contributed by atoms with van der Waals surface area (Å²) in [5.74, 6) is 0.0355. The number of benzene rings is 2. The number of fused-ring (bicyclic) bond motifs is 1. The zero-order valence-electron chi connectivity index (χ0n) is 16.1. The second-order valence-electron chi connectivity index (χ2n) is 7.10. The average molecular weight is 360 g/mol. The van der Waals surface area contributed by atoms with Crippen molar-refractivity contribution in [3.8, 4) is 0 Å². The van der Waals surface area contributed by atoms with E-state index in [2.05, 4.69) is 29.5 Å². The van der Waals surface area contributed by atoms with Crippen LogP contribution in [0.2, 0.25) is 0 Å². The van der Waals surface area contributed by atoms with Gasteiger partial charge in [0.15, 0.2) is 0 Å². The van der Waals surface area contributed by atoms with Gasteiger partial charge in [-0.2, -0.15) is 5.10 Å². The van der Waals surface area contributed by atoms with Crippen LogP contribution in [0.1, 0.15) is 52.0 Å². The van der Waals surface area contributed by atoms with Crippen molar-refractivity contribution in [1.29, 1.82) is 0 Å². The molecule has 0 radical (unpaired) electrons. The standard InChI is InChI=1S/C22H24N4O/c1-14-20(16(3)25(4)24-14)21-23-19-13-9-8-12-18(19)22(27)26(21)15(2)17-10-6-5-7-11-17/h5-13,15,21,23H,1-4H3/t15-,21+/m1/s1. The minimum atomic E-state index is -0.267. The Kier molecular flexibility index (Phi) is 4.22. The Labute approximate surface area is 159 Å². The molecule has 1 aliphatic heterocycles. The topological polar surface area (TPSA) is 50.2 Å². The van der Waals surface area contributed by atoms with Gasteiger partial charge in [0.05, 0.1) is 17.3 Å². The second-order valence-corrected chi connectivity index (χ2v) is 7.10. The van der Waals surface area contributed by atoms with Crippen LogP contribution in [0, 0.1) is 13.8 Å². The van der Waals surface area contributed by atoms with Crippen molar-refractivity contribution in [3.05, 3.63) is 82.7 Å². The van der Waals surface area contributed by atoms with Crippen LogP contribution in [0.25, 0.3) is 0 Å². The summed E-state index contributed by atoms with van der Waals surface area (Å²) in [6.07, 6.45) is -0.267. The minimum absolute atomic E-state index is 0.0355. The molecular formula is C22H24N4O. The zero-order valence-corrected chi connectivity index (χ0v) is 16.1. The van der Waals surface area contributed by atoms with Gasteiger partial charge < -0.3 is 10.2 Å². The molecule has 5 heteroatoms. The third-order valence-corrected chi connectivity index (χ3v) is 5.50. The first-order valence-corrected chi connectivity index (χ1v) is 9.22. The van der Waals surface area contributed by atoms with Crippen molar-refractivity contribution in [2.75, 3.05) is 5.32 Å². The van der Waals surface area contributed by atoms with Gasteiger partial charge in [0.1, 0.15) is 6.17 Å². The van der Waals surface area contributed by atoms with Gasteiger partial charge in [0.25, 0.3) is 5.91 Å². The molecule has 3 aromatic rings. The number of aryl methyl sites for hydroxylation is 2. The number of nitrogens with zero attached hydrogens (tertiary/aromatic N) is 3. The van der Waals surface area contributed by atoms with Crippen molar-refractivity contribution in [2.24, 2.45) is 7.05 Å². The molecule has 0 saturated carbocycles. The van der Waals surface area contributed by atoms with E-state index in [1.165, 1.54) is 0 Å². The summed E-state index contributed by atoms with van der Waals surface area (Å²) < 4.78 is 1.88. The number of hydrogen-bond donors (Lipinski definition) is 1. The monoisotopic (exact) mass is 360 g/mol. The molecule has 0 fully saturated rings. The van der Waals surface area contributed by atoms with E-state index in [1.807, 2.05) is 72.9 Å². The lowest BCUT2D eigenvalue weighted by molar-refractivity contribution is 0.0595. The fourth-order valence-corrected chi connectivity index (χ4v) is 3.96. The van der Waals surface area contributed by atoms with Crippen molar-refractivity contribution < 1.29 is 4.79 Å². The van der Waals surface area contributed by atoms with Gasteiger partial charge in [-0.05, 0) is 38.5 Å². The molecule has 2 heterocycles. The van der Waals surface area contributed by atoms with Crippen LogP contribution >= 0.6 is 0 Å². The second kappa shape index (κ2) is 6.58. The smallest absolute Gasteiger partial charge is 0.258 e. The van der Waals surface area contributed by atoms with E-state index in [0.29, 0.717) is 5.56 Å². The summed E-state index contributed by atoms with van der Waals surface area (Å²) in [5.41, 5.74) is 5.73. The van der Waals surface area contributed by atoms with Crippen LogP contribution in [0.3, 0.4) is 0 Å². The number of anilines is 1. The van der Waals surface area contributed by atoms with E-state index < -0.39 is 0 Å². The Morgan fingerprint density at radius 2 is 1.70 bits per heavy atom. The first-order chi connectivity index (χ1) is 13.0. The van der Waals surface area contributed by atoms with Crippen LogP contribution in [0.4, 0.5) is 5.69 Å². The molecule has 1 N–H and O–H groups in total. The van der Waals surface area contributed by atoms with Crippen molar-refractivity contribution in [2.45, 2.75) is 33.0 Å². The van der Waals surface area contributed by atoms with Gasteiger partial charge in [-0.1, -0.05) is 42.5 Å². The molecule has 1 aliphatic rings. The summed E-state index contributed by atoms with van der Waals surface area (Å²) in [6, 6.07) is 17.8. The molecule has 0 saturated heterocycles. The fraction of sp³-hybridized carbons (Fsp3) is 0.273. The molecule has 4 rings (SSSR count).